The van der Waals surface area contributed by atoms with Crippen LogP contribution in [-0.4, -0.2) is 16.3 Å². The fourth-order valence-corrected chi connectivity index (χ4v) is 2.51. The first-order chi connectivity index (χ1) is 9.72. The molecule has 2 aromatic rings. The molecule has 0 atom stereocenters. The maximum Gasteiger partial charge on any atom is 0.0860 e. The van der Waals surface area contributed by atoms with Crippen LogP contribution in [0.1, 0.15) is 30.3 Å². The van der Waals surface area contributed by atoms with E-state index in [1.807, 2.05) is 11.6 Å². The lowest BCUT2D eigenvalue weighted by atomic mass is 10.1. The van der Waals surface area contributed by atoms with E-state index in [1.54, 1.807) is 0 Å². The van der Waals surface area contributed by atoms with Crippen LogP contribution in [0.3, 0.4) is 0 Å². The molecule has 20 heavy (non-hydrogen) atoms. The Balaban J connectivity index is 1.76. The van der Waals surface area contributed by atoms with Crippen LogP contribution < -0.4 is 5.32 Å². The number of rotatable bonds is 7. The highest BCUT2D eigenvalue weighted by Gasteiger charge is 2.11. The van der Waals surface area contributed by atoms with Gasteiger partial charge in [-0.3, -0.25) is 4.68 Å². The Morgan fingerprint density at radius 3 is 2.70 bits per heavy atom. The first-order valence-electron chi connectivity index (χ1n) is 7.18. The summed E-state index contributed by atoms with van der Waals surface area (Å²) in [6.07, 6.45) is 2.23. The second-order valence-corrected chi connectivity index (χ2v) is 5.31. The van der Waals surface area contributed by atoms with Crippen LogP contribution in [-0.2, 0) is 19.5 Å². The predicted molar refractivity (Wildman–Crippen MR) is 84.1 cm³/mol. The van der Waals surface area contributed by atoms with Gasteiger partial charge in [0.1, 0.15) is 0 Å². The van der Waals surface area contributed by atoms with E-state index in [9.17, 15) is 0 Å². The summed E-state index contributed by atoms with van der Waals surface area (Å²) in [5.74, 6) is 0. The van der Waals surface area contributed by atoms with Crippen molar-refractivity contribution in [3.63, 3.8) is 0 Å². The van der Waals surface area contributed by atoms with Gasteiger partial charge in [-0.1, -0.05) is 41.9 Å². The molecular weight excluding hydrogens is 270 g/mol. The number of benzene rings is 1. The summed E-state index contributed by atoms with van der Waals surface area (Å²) in [7, 11) is 0. The highest BCUT2D eigenvalue weighted by Crippen LogP contribution is 2.19. The monoisotopic (exact) mass is 291 g/mol. The highest BCUT2D eigenvalue weighted by atomic mass is 35.5. The summed E-state index contributed by atoms with van der Waals surface area (Å²) in [6, 6.07) is 10.6. The molecule has 0 unspecified atom stereocenters. The first-order valence-corrected chi connectivity index (χ1v) is 7.56. The number of aryl methyl sites for hydroxylation is 3. The third-order valence-corrected chi connectivity index (χ3v) is 3.90. The smallest absolute Gasteiger partial charge is 0.0860 e. The lowest BCUT2D eigenvalue weighted by Gasteiger charge is -2.07. The molecular formula is C16H22ClN3. The molecule has 0 bridgehead atoms. The minimum atomic E-state index is 0.780. The van der Waals surface area contributed by atoms with Crippen molar-refractivity contribution in [1.29, 1.82) is 0 Å². The SMILES string of the molecule is CCn1nc(C)c(Cl)c1CNCCCc1ccccc1. The number of nitrogens with zero attached hydrogens (tertiary/aromatic N) is 2. The van der Waals surface area contributed by atoms with E-state index in [0.29, 0.717) is 0 Å². The third kappa shape index (κ3) is 3.84. The molecule has 4 heteroatoms. The van der Waals surface area contributed by atoms with E-state index >= 15 is 0 Å². The van der Waals surface area contributed by atoms with Gasteiger partial charge in [-0.2, -0.15) is 5.10 Å². The van der Waals surface area contributed by atoms with Gasteiger partial charge in [-0.25, -0.2) is 0 Å². The highest BCUT2D eigenvalue weighted by molar-refractivity contribution is 6.31. The fourth-order valence-electron chi connectivity index (χ4n) is 2.31. The van der Waals surface area contributed by atoms with Gasteiger partial charge in [-0.15, -0.1) is 0 Å². The molecule has 0 aliphatic rings. The van der Waals surface area contributed by atoms with Crippen molar-refractivity contribution in [3.8, 4) is 0 Å². The minimum absolute atomic E-state index is 0.780. The standard InChI is InChI=1S/C16H22ClN3/c1-3-20-15(16(17)13(2)19-20)12-18-11-7-10-14-8-5-4-6-9-14/h4-6,8-9,18H,3,7,10-12H2,1-2H3. The Hall–Kier alpha value is -1.32. The van der Waals surface area contributed by atoms with Gasteiger partial charge in [0.25, 0.3) is 0 Å². The van der Waals surface area contributed by atoms with Crippen LogP contribution in [0.5, 0.6) is 0 Å². The van der Waals surface area contributed by atoms with Crippen molar-refractivity contribution < 1.29 is 0 Å². The molecule has 3 nitrogen and oxygen atoms in total. The number of hydrogen-bond donors (Lipinski definition) is 1. The molecule has 0 radical (unpaired) electrons. The lowest BCUT2D eigenvalue weighted by Crippen LogP contribution is -2.18. The number of aromatic nitrogens is 2. The van der Waals surface area contributed by atoms with E-state index in [1.165, 1.54) is 5.56 Å². The van der Waals surface area contributed by atoms with E-state index < -0.39 is 0 Å². The summed E-state index contributed by atoms with van der Waals surface area (Å²) in [4.78, 5) is 0. The summed E-state index contributed by atoms with van der Waals surface area (Å²) in [5, 5.41) is 8.67. The Labute approximate surface area is 126 Å². The maximum absolute atomic E-state index is 6.28. The van der Waals surface area contributed by atoms with E-state index in [-0.39, 0.29) is 0 Å². The third-order valence-electron chi connectivity index (χ3n) is 3.41. The topological polar surface area (TPSA) is 29.9 Å². The van der Waals surface area contributed by atoms with E-state index in [4.69, 9.17) is 11.6 Å². The van der Waals surface area contributed by atoms with Gasteiger partial charge in [0.05, 0.1) is 16.4 Å². The van der Waals surface area contributed by atoms with Gasteiger partial charge in [0, 0.05) is 13.1 Å². The predicted octanol–water partition coefficient (Wildman–Crippen LogP) is 3.59. The van der Waals surface area contributed by atoms with Gasteiger partial charge in [0.2, 0.25) is 0 Å². The number of nitrogens with one attached hydrogen (secondary N) is 1. The van der Waals surface area contributed by atoms with Gasteiger partial charge in [-0.05, 0) is 38.8 Å². The molecule has 108 valence electrons. The molecule has 0 spiro atoms. The molecule has 0 amide bonds. The zero-order valence-corrected chi connectivity index (χ0v) is 13.0. The Morgan fingerprint density at radius 1 is 1.25 bits per heavy atom. The zero-order chi connectivity index (χ0) is 14.4. The molecule has 0 saturated heterocycles. The normalized spacial score (nSPS) is 10.9. The van der Waals surface area contributed by atoms with Crippen LogP contribution in [0.25, 0.3) is 0 Å². The van der Waals surface area contributed by atoms with E-state index in [0.717, 1.165) is 48.9 Å². The average molecular weight is 292 g/mol. The molecule has 1 N–H and O–H groups in total. The Kier molecular flexibility index (Phi) is 5.62. The van der Waals surface area contributed by atoms with Crippen LogP contribution in [0, 0.1) is 6.92 Å². The molecule has 2 rings (SSSR count). The van der Waals surface area contributed by atoms with Crippen molar-refractivity contribution in [2.75, 3.05) is 6.54 Å². The first kappa shape index (κ1) is 15.1. The van der Waals surface area contributed by atoms with Gasteiger partial charge >= 0.3 is 0 Å². The average Bonchev–Trinajstić information content (AvgIpc) is 2.75. The molecule has 0 saturated carbocycles. The summed E-state index contributed by atoms with van der Waals surface area (Å²) < 4.78 is 1.97. The van der Waals surface area contributed by atoms with Crippen molar-refractivity contribution in [1.82, 2.24) is 15.1 Å². The van der Waals surface area contributed by atoms with Crippen LogP contribution in [0.2, 0.25) is 5.02 Å². The second-order valence-electron chi connectivity index (χ2n) is 4.93. The molecule has 1 aromatic carbocycles. The molecule has 0 fully saturated rings. The second kappa shape index (κ2) is 7.46. The number of hydrogen-bond acceptors (Lipinski definition) is 2. The van der Waals surface area contributed by atoms with Gasteiger partial charge in [0.15, 0.2) is 0 Å². The molecule has 1 heterocycles. The van der Waals surface area contributed by atoms with Gasteiger partial charge < -0.3 is 5.32 Å². The summed E-state index contributed by atoms with van der Waals surface area (Å²) in [5.41, 5.74) is 3.39. The van der Waals surface area contributed by atoms with Crippen molar-refractivity contribution in [2.24, 2.45) is 0 Å². The largest absolute Gasteiger partial charge is 0.311 e. The lowest BCUT2D eigenvalue weighted by molar-refractivity contribution is 0.571. The van der Waals surface area contributed by atoms with Crippen molar-refractivity contribution in [2.45, 2.75) is 39.8 Å². The van der Waals surface area contributed by atoms with Crippen LogP contribution in [0.15, 0.2) is 30.3 Å². The quantitative estimate of drug-likeness (QED) is 0.790. The summed E-state index contributed by atoms with van der Waals surface area (Å²) >= 11 is 6.28. The molecule has 1 aromatic heterocycles. The Morgan fingerprint density at radius 2 is 2.00 bits per heavy atom. The van der Waals surface area contributed by atoms with Crippen LogP contribution >= 0.6 is 11.6 Å². The summed E-state index contributed by atoms with van der Waals surface area (Å²) in [6.45, 7) is 6.66. The van der Waals surface area contributed by atoms with Crippen molar-refractivity contribution in [3.05, 3.63) is 52.3 Å². The van der Waals surface area contributed by atoms with Crippen molar-refractivity contribution >= 4 is 11.6 Å². The zero-order valence-electron chi connectivity index (χ0n) is 12.2. The minimum Gasteiger partial charge on any atom is -0.311 e. The molecule has 0 aliphatic carbocycles. The van der Waals surface area contributed by atoms with E-state index in [2.05, 4.69) is 47.7 Å². The Bertz CT molecular complexity index is 534. The maximum atomic E-state index is 6.28. The number of halogens is 1. The molecule has 0 aliphatic heterocycles. The van der Waals surface area contributed by atoms with Crippen LogP contribution in [0.4, 0.5) is 0 Å². The fraction of sp³-hybridized carbons (Fsp3) is 0.438.